The van der Waals surface area contributed by atoms with Gasteiger partial charge in [-0.25, -0.2) is 4.79 Å². The first-order valence-corrected chi connectivity index (χ1v) is 8.92. The van der Waals surface area contributed by atoms with E-state index in [-0.39, 0.29) is 18.1 Å². The summed E-state index contributed by atoms with van der Waals surface area (Å²) in [4.78, 5) is 19.0. The highest BCUT2D eigenvalue weighted by molar-refractivity contribution is 5.74. The van der Waals surface area contributed by atoms with Gasteiger partial charge in [0.2, 0.25) is 0 Å². The molecule has 5 nitrogen and oxygen atoms in total. The van der Waals surface area contributed by atoms with Crippen LogP contribution in [0.5, 0.6) is 0 Å². The van der Waals surface area contributed by atoms with Crippen LogP contribution in [0.15, 0.2) is 37.1 Å². The molecule has 1 aliphatic rings. The van der Waals surface area contributed by atoms with Gasteiger partial charge in [-0.3, -0.25) is 9.88 Å². The largest absolute Gasteiger partial charge is 0.335 e. The number of piperidine rings is 1. The number of aromatic nitrogens is 1. The number of hydrogen-bond donors (Lipinski definition) is 2. The van der Waals surface area contributed by atoms with Crippen LogP contribution in [-0.2, 0) is 6.54 Å². The number of rotatable bonds is 7. The smallest absolute Gasteiger partial charge is 0.315 e. The number of amides is 2. The van der Waals surface area contributed by atoms with Gasteiger partial charge < -0.3 is 10.6 Å². The summed E-state index contributed by atoms with van der Waals surface area (Å²) in [5, 5.41) is 6.19. The van der Waals surface area contributed by atoms with E-state index in [0.717, 1.165) is 44.6 Å². The van der Waals surface area contributed by atoms with Crippen molar-refractivity contribution in [2.75, 3.05) is 13.1 Å². The number of urea groups is 1. The van der Waals surface area contributed by atoms with Crippen LogP contribution in [0.25, 0.3) is 0 Å². The van der Waals surface area contributed by atoms with E-state index in [1.165, 1.54) is 0 Å². The Bertz CT molecular complexity index is 519. The van der Waals surface area contributed by atoms with E-state index in [0.29, 0.717) is 5.92 Å². The van der Waals surface area contributed by atoms with Crippen LogP contribution in [-0.4, -0.2) is 41.1 Å². The van der Waals surface area contributed by atoms with Crippen LogP contribution in [0.4, 0.5) is 4.79 Å². The summed E-state index contributed by atoms with van der Waals surface area (Å²) < 4.78 is 0. The van der Waals surface area contributed by atoms with E-state index in [9.17, 15) is 4.79 Å². The molecule has 0 bridgehead atoms. The van der Waals surface area contributed by atoms with E-state index >= 15 is 0 Å². The van der Waals surface area contributed by atoms with Crippen molar-refractivity contribution in [1.29, 1.82) is 0 Å². The van der Waals surface area contributed by atoms with Gasteiger partial charge in [0.15, 0.2) is 0 Å². The van der Waals surface area contributed by atoms with Crippen molar-refractivity contribution in [2.24, 2.45) is 5.92 Å². The fourth-order valence-electron chi connectivity index (χ4n) is 3.24. The molecular formula is C19H30N4O. The van der Waals surface area contributed by atoms with Crippen molar-refractivity contribution < 1.29 is 4.79 Å². The Morgan fingerprint density at radius 2 is 2.38 bits per heavy atom. The molecule has 1 fully saturated rings. The summed E-state index contributed by atoms with van der Waals surface area (Å²) in [6.07, 6.45) is 6.39. The van der Waals surface area contributed by atoms with Gasteiger partial charge in [-0.1, -0.05) is 26.0 Å². The zero-order valence-electron chi connectivity index (χ0n) is 14.9. The molecule has 1 aromatic heterocycles. The molecule has 0 unspecified atom stereocenters. The lowest BCUT2D eigenvalue weighted by atomic mass is 9.94. The average Bonchev–Trinajstić information content (AvgIpc) is 2.58. The number of nitrogens with one attached hydrogen (secondary N) is 2. The number of carbonyl (C=O) groups is 1. The summed E-state index contributed by atoms with van der Waals surface area (Å²) in [5.41, 5.74) is 1.10. The Kier molecular flexibility index (Phi) is 7.25. The maximum Gasteiger partial charge on any atom is 0.315 e. The summed E-state index contributed by atoms with van der Waals surface area (Å²) in [6, 6.07) is 6.37. The van der Waals surface area contributed by atoms with E-state index in [2.05, 4.69) is 47.0 Å². The first-order chi connectivity index (χ1) is 11.6. The van der Waals surface area contributed by atoms with Crippen molar-refractivity contribution >= 4 is 6.03 Å². The fourth-order valence-corrected chi connectivity index (χ4v) is 3.24. The van der Waals surface area contributed by atoms with Crippen LogP contribution in [0.3, 0.4) is 0 Å². The topological polar surface area (TPSA) is 57.3 Å². The maximum atomic E-state index is 12.2. The minimum Gasteiger partial charge on any atom is -0.335 e. The molecule has 0 aromatic carbocycles. The molecule has 0 radical (unpaired) electrons. The predicted octanol–water partition coefficient (Wildman–Crippen LogP) is 2.95. The molecule has 2 heterocycles. The molecule has 24 heavy (non-hydrogen) atoms. The molecule has 2 amide bonds. The molecule has 2 N–H and O–H groups in total. The Morgan fingerprint density at radius 1 is 1.54 bits per heavy atom. The highest BCUT2D eigenvalue weighted by Crippen LogP contribution is 2.18. The summed E-state index contributed by atoms with van der Waals surface area (Å²) in [6.45, 7) is 10.9. The number of nitrogens with zero attached hydrogens (tertiary/aromatic N) is 2. The summed E-state index contributed by atoms with van der Waals surface area (Å²) >= 11 is 0. The van der Waals surface area contributed by atoms with Crippen molar-refractivity contribution in [1.82, 2.24) is 20.5 Å². The molecule has 0 spiro atoms. The maximum absolute atomic E-state index is 12.2. The second-order valence-electron chi connectivity index (χ2n) is 6.68. The number of likely N-dealkylation sites (tertiary alicyclic amines) is 1. The Morgan fingerprint density at radius 3 is 3.00 bits per heavy atom. The van der Waals surface area contributed by atoms with Crippen LogP contribution in [0.1, 0.15) is 38.8 Å². The van der Waals surface area contributed by atoms with Gasteiger partial charge in [0.25, 0.3) is 0 Å². The first kappa shape index (κ1) is 18.5. The van der Waals surface area contributed by atoms with Gasteiger partial charge in [-0.15, -0.1) is 6.58 Å². The minimum absolute atomic E-state index is 0.0567. The van der Waals surface area contributed by atoms with E-state index < -0.39 is 0 Å². The average molecular weight is 330 g/mol. The lowest BCUT2D eigenvalue weighted by Crippen LogP contribution is -2.53. The molecule has 1 saturated heterocycles. The van der Waals surface area contributed by atoms with Crippen LogP contribution < -0.4 is 10.6 Å². The van der Waals surface area contributed by atoms with E-state index in [1.54, 1.807) is 0 Å². The molecular weight excluding hydrogens is 300 g/mol. The number of pyridine rings is 1. The number of carbonyl (C=O) groups excluding carboxylic acids is 1. The fraction of sp³-hybridized carbons (Fsp3) is 0.579. The molecule has 0 aliphatic carbocycles. The standard InChI is InChI=1S/C19H30N4O/c1-4-8-16(5-2)21-19(24)22-18-10-12-23(13-15(18)3)14-17-9-6-7-11-20-17/h4,6-7,9,11,15-16,18H,1,5,8,10,12-14H2,2-3H3,(H2,21,22,24)/t15-,16-,18-/m0/s1. The predicted molar refractivity (Wildman–Crippen MR) is 97.6 cm³/mol. The van der Waals surface area contributed by atoms with Crippen molar-refractivity contribution in [2.45, 2.75) is 51.7 Å². The van der Waals surface area contributed by atoms with Crippen molar-refractivity contribution in [3.8, 4) is 0 Å². The molecule has 132 valence electrons. The zero-order valence-corrected chi connectivity index (χ0v) is 14.9. The lowest BCUT2D eigenvalue weighted by molar-refractivity contribution is 0.140. The normalized spacial score (nSPS) is 22.6. The lowest BCUT2D eigenvalue weighted by Gasteiger charge is -2.37. The third-order valence-electron chi connectivity index (χ3n) is 4.70. The van der Waals surface area contributed by atoms with Gasteiger partial charge >= 0.3 is 6.03 Å². The van der Waals surface area contributed by atoms with E-state index in [1.807, 2.05) is 24.4 Å². The Balaban J connectivity index is 1.78. The van der Waals surface area contributed by atoms with Crippen LogP contribution in [0, 0.1) is 5.92 Å². The van der Waals surface area contributed by atoms with Gasteiger partial charge in [0.1, 0.15) is 0 Å². The third-order valence-corrected chi connectivity index (χ3v) is 4.70. The quantitative estimate of drug-likeness (QED) is 0.756. The third kappa shape index (κ3) is 5.64. The highest BCUT2D eigenvalue weighted by atomic mass is 16.2. The van der Waals surface area contributed by atoms with Crippen LogP contribution >= 0.6 is 0 Å². The molecule has 2 rings (SSSR count). The molecule has 1 aliphatic heterocycles. The Hall–Kier alpha value is -1.88. The summed E-state index contributed by atoms with van der Waals surface area (Å²) in [7, 11) is 0. The van der Waals surface area contributed by atoms with Gasteiger partial charge in [0.05, 0.1) is 5.69 Å². The molecule has 1 aromatic rings. The summed E-state index contributed by atoms with van der Waals surface area (Å²) in [5.74, 6) is 0.424. The first-order valence-electron chi connectivity index (χ1n) is 8.92. The molecule has 5 heteroatoms. The van der Waals surface area contributed by atoms with Crippen molar-refractivity contribution in [3.05, 3.63) is 42.7 Å². The zero-order chi connectivity index (χ0) is 17.4. The number of hydrogen-bond acceptors (Lipinski definition) is 3. The molecule has 0 saturated carbocycles. The minimum atomic E-state index is -0.0567. The Labute approximate surface area is 145 Å². The second-order valence-corrected chi connectivity index (χ2v) is 6.68. The van der Waals surface area contributed by atoms with Crippen LogP contribution in [0.2, 0.25) is 0 Å². The highest BCUT2D eigenvalue weighted by Gasteiger charge is 2.27. The van der Waals surface area contributed by atoms with Gasteiger partial charge in [0, 0.05) is 37.9 Å². The second kappa shape index (κ2) is 9.42. The van der Waals surface area contributed by atoms with Gasteiger partial charge in [-0.05, 0) is 37.3 Å². The SMILES string of the molecule is C=CC[C@H](CC)NC(=O)N[C@H]1CCN(Cc2ccccn2)C[C@@H]1C. The monoisotopic (exact) mass is 330 g/mol. The molecule has 3 atom stereocenters. The van der Waals surface area contributed by atoms with E-state index in [4.69, 9.17) is 0 Å². The van der Waals surface area contributed by atoms with Gasteiger partial charge in [-0.2, -0.15) is 0 Å². The van der Waals surface area contributed by atoms with Crippen molar-refractivity contribution in [3.63, 3.8) is 0 Å².